The topological polar surface area (TPSA) is 88.5 Å². The molecule has 2 fully saturated rings. The molecule has 0 atom stereocenters. The summed E-state index contributed by atoms with van der Waals surface area (Å²) in [6, 6.07) is 4.52. The lowest BCUT2D eigenvalue weighted by Crippen LogP contribution is -2.58. The maximum absolute atomic E-state index is 4.81. The molecule has 9 nitrogen and oxygen atoms in total. The molecule has 0 N–H and O–H groups in total. The fraction of sp³-hybridized carbons (Fsp3) is 0.588. The molecule has 136 valence electrons. The maximum atomic E-state index is 4.81. The van der Waals surface area contributed by atoms with Crippen LogP contribution in [-0.2, 0) is 6.54 Å². The van der Waals surface area contributed by atoms with Crippen LogP contribution in [0.2, 0.25) is 0 Å². The molecule has 5 rings (SSSR count). The highest BCUT2D eigenvalue weighted by Crippen LogP contribution is 2.35. The average molecular weight is 354 g/mol. The summed E-state index contributed by atoms with van der Waals surface area (Å²) in [6.07, 6.45) is 3.67. The fourth-order valence-corrected chi connectivity index (χ4v) is 3.56. The first-order chi connectivity index (χ1) is 12.7. The Kier molecular flexibility index (Phi) is 3.63. The van der Waals surface area contributed by atoms with Crippen LogP contribution < -0.4 is 4.90 Å². The van der Waals surface area contributed by atoms with Crippen molar-refractivity contribution in [1.29, 1.82) is 0 Å². The van der Waals surface area contributed by atoms with Crippen LogP contribution in [0.25, 0.3) is 5.65 Å². The van der Waals surface area contributed by atoms with Crippen LogP contribution in [0.1, 0.15) is 42.4 Å². The number of hydrogen-bond acceptors (Lipinski definition) is 8. The number of hydrogen-bond donors (Lipinski definition) is 0. The van der Waals surface area contributed by atoms with Crippen LogP contribution in [-0.4, -0.2) is 61.2 Å². The molecule has 0 unspecified atom stereocenters. The maximum Gasteiger partial charge on any atom is 0.178 e. The van der Waals surface area contributed by atoms with E-state index in [0.717, 1.165) is 48.3 Å². The Morgan fingerprint density at radius 1 is 1.19 bits per heavy atom. The number of likely N-dealkylation sites (N-methyl/N-ethyl adjacent to an activating group) is 1. The van der Waals surface area contributed by atoms with Crippen molar-refractivity contribution in [2.75, 3.05) is 25.0 Å². The molecule has 1 aliphatic heterocycles. The summed E-state index contributed by atoms with van der Waals surface area (Å²) in [5, 5.41) is 21.2. The van der Waals surface area contributed by atoms with Gasteiger partial charge < -0.3 is 4.90 Å². The van der Waals surface area contributed by atoms with Gasteiger partial charge in [-0.3, -0.25) is 4.90 Å². The molecule has 0 radical (unpaired) electrons. The molecule has 0 amide bonds. The minimum absolute atomic E-state index is 0.468. The zero-order valence-corrected chi connectivity index (χ0v) is 15.0. The lowest BCUT2D eigenvalue weighted by atomic mass is 9.85. The Labute approximate surface area is 150 Å². The van der Waals surface area contributed by atoms with E-state index in [-0.39, 0.29) is 0 Å². The predicted molar refractivity (Wildman–Crippen MR) is 93.9 cm³/mol. The van der Waals surface area contributed by atoms with Crippen molar-refractivity contribution in [1.82, 2.24) is 35.0 Å². The van der Waals surface area contributed by atoms with Gasteiger partial charge in [0.2, 0.25) is 0 Å². The summed E-state index contributed by atoms with van der Waals surface area (Å²) >= 11 is 0. The molecule has 4 heterocycles. The van der Waals surface area contributed by atoms with Crippen molar-refractivity contribution in [2.45, 2.75) is 44.7 Å². The number of aromatic nitrogens is 6. The number of aryl methyl sites for hydroxylation is 1. The van der Waals surface area contributed by atoms with E-state index in [1.807, 2.05) is 23.6 Å². The molecule has 3 aromatic rings. The van der Waals surface area contributed by atoms with E-state index in [0.29, 0.717) is 12.0 Å². The van der Waals surface area contributed by atoms with Crippen molar-refractivity contribution in [3.05, 3.63) is 29.3 Å². The number of anilines is 1. The van der Waals surface area contributed by atoms with Gasteiger partial charge in [-0.05, 0) is 38.9 Å². The Balaban J connectivity index is 1.27. The van der Waals surface area contributed by atoms with E-state index in [2.05, 4.69) is 37.4 Å². The first kappa shape index (κ1) is 15.7. The van der Waals surface area contributed by atoms with Crippen LogP contribution in [0.4, 0.5) is 5.82 Å². The first-order valence-corrected chi connectivity index (χ1v) is 9.14. The first-order valence-electron chi connectivity index (χ1n) is 9.14. The van der Waals surface area contributed by atoms with Gasteiger partial charge in [-0.1, -0.05) is 16.7 Å². The summed E-state index contributed by atoms with van der Waals surface area (Å²) in [5.41, 5.74) is 2.59. The summed E-state index contributed by atoms with van der Waals surface area (Å²) in [5.74, 6) is 2.51. The lowest BCUT2D eigenvalue weighted by Gasteiger charge is -2.44. The molecule has 1 aliphatic carbocycles. The summed E-state index contributed by atoms with van der Waals surface area (Å²) in [6.45, 7) is 4.56. The van der Waals surface area contributed by atoms with Crippen molar-refractivity contribution in [2.24, 2.45) is 0 Å². The molecule has 1 saturated carbocycles. The van der Waals surface area contributed by atoms with Gasteiger partial charge in [0.1, 0.15) is 17.2 Å². The zero-order chi connectivity index (χ0) is 17.7. The number of rotatable bonds is 5. The Morgan fingerprint density at radius 3 is 2.73 bits per heavy atom. The minimum Gasteiger partial charge on any atom is -0.352 e. The van der Waals surface area contributed by atoms with Crippen molar-refractivity contribution in [3.8, 4) is 0 Å². The van der Waals surface area contributed by atoms with Crippen molar-refractivity contribution in [3.63, 3.8) is 0 Å². The van der Waals surface area contributed by atoms with Gasteiger partial charge in [0, 0.05) is 31.6 Å². The third-order valence-corrected chi connectivity index (χ3v) is 5.70. The van der Waals surface area contributed by atoms with E-state index in [1.165, 1.54) is 19.3 Å². The highest BCUT2D eigenvalue weighted by Gasteiger charge is 2.32. The summed E-state index contributed by atoms with van der Waals surface area (Å²) in [7, 11) is 2.11. The largest absolute Gasteiger partial charge is 0.352 e. The molecular formula is C17H22N8O. The van der Waals surface area contributed by atoms with Crippen LogP contribution in [0, 0.1) is 6.92 Å². The average Bonchev–Trinajstić information content (AvgIpc) is 3.12. The van der Waals surface area contributed by atoms with Crippen molar-refractivity contribution >= 4 is 11.5 Å². The van der Waals surface area contributed by atoms with Gasteiger partial charge in [0.05, 0.1) is 0 Å². The zero-order valence-electron chi connectivity index (χ0n) is 15.0. The lowest BCUT2D eigenvalue weighted by molar-refractivity contribution is 0.190. The quantitative estimate of drug-likeness (QED) is 0.679. The Hall–Kier alpha value is -2.55. The summed E-state index contributed by atoms with van der Waals surface area (Å²) in [4.78, 5) is 4.58. The third-order valence-electron chi connectivity index (χ3n) is 5.70. The molecule has 0 spiro atoms. The van der Waals surface area contributed by atoms with Gasteiger partial charge in [0.15, 0.2) is 11.5 Å². The minimum atomic E-state index is 0.468. The second kappa shape index (κ2) is 6.01. The van der Waals surface area contributed by atoms with Crippen LogP contribution in [0.3, 0.4) is 0 Å². The highest BCUT2D eigenvalue weighted by molar-refractivity contribution is 5.48. The number of fused-ring (bicyclic) bond motifs is 1. The van der Waals surface area contributed by atoms with Gasteiger partial charge in [-0.15, -0.1) is 15.3 Å². The third kappa shape index (κ3) is 2.54. The Morgan fingerprint density at radius 2 is 2.04 bits per heavy atom. The molecule has 2 aliphatic rings. The van der Waals surface area contributed by atoms with E-state index < -0.39 is 0 Å². The number of nitrogens with zero attached hydrogens (tertiary/aromatic N) is 8. The van der Waals surface area contributed by atoms with Crippen molar-refractivity contribution < 1.29 is 4.63 Å². The van der Waals surface area contributed by atoms with Gasteiger partial charge in [-0.2, -0.15) is 4.52 Å². The molecule has 26 heavy (non-hydrogen) atoms. The van der Waals surface area contributed by atoms with E-state index in [4.69, 9.17) is 9.73 Å². The predicted octanol–water partition coefficient (Wildman–Crippen LogP) is 1.40. The smallest absolute Gasteiger partial charge is 0.178 e. The van der Waals surface area contributed by atoms with Gasteiger partial charge in [0.25, 0.3) is 0 Å². The van der Waals surface area contributed by atoms with Gasteiger partial charge >= 0.3 is 0 Å². The highest BCUT2D eigenvalue weighted by atomic mass is 16.6. The summed E-state index contributed by atoms with van der Waals surface area (Å²) < 4.78 is 6.72. The molecule has 3 aromatic heterocycles. The second-order valence-corrected chi connectivity index (χ2v) is 7.42. The SMILES string of the molecule is Cc1nonc1CN(C)C1CN(c2ccc3nnc(C4CCC4)n3n2)C1. The normalized spacial score (nSPS) is 18.5. The monoisotopic (exact) mass is 354 g/mol. The Bertz CT molecular complexity index is 924. The molecule has 1 saturated heterocycles. The molecule has 0 aromatic carbocycles. The second-order valence-electron chi connectivity index (χ2n) is 7.42. The van der Waals surface area contributed by atoms with Crippen LogP contribution in [0.5, 0.6) is 0 Å². The van der Waals surface area contributed by atoms with Crippen LogP contribution >= 0.6 is 0 Å². The molecule has 9 heteroatoms. The standard InChI is InChI=1S/C17H22N8O/c1-11-14(22-26-21-11)10-23(2)13-8-24(9-13)16-7-6-15-18-19-17(25(15)20-16)12-4-3-5-12/h6-7,12-13H,3-5,8-10H2,1-2H3. The fourth-order valence-electron chi connectivity index (χ4n) is 3.56. The molecular weight excluding hydrogens is 332 g/mol. The molecule has 0 bridgehead atoms. The van der Waals surface area contributed by atoms with E-state index in [1.54, 1.807) is 0 Å². The van der Waals surface area contributed by atoms with E-state index >= 15 is 0 Å². The van der Waals surface area contributed by atoms with E-state index in [9.17, 15) is 0 Å². The van der Waals surface area contributed by atoms with Crippen LogP contribution in [0.15, 0.2) is 16.8 Å². The van der Waals surface area contributed by atoms with Gasteiger partial charge in [-0.25, -0.2) is 4.63 Å².